The molecule has 12 heavy (non-hydrogen) atoms. The van der Waals surface area contributed by atoms with E-state index < -0.39 is 0 Å². The molecule has 0 aromatic carbocycles. The second-order valence-electron chi connectivity index (χ2n) is 3.55. The number of hydrogen-bond acceptors (Lipinski definition) is 1. The monoisotopic (exact) mass is 186 g/mol. The van der Waals surface area contributed by atoms with Crippen molar-refractivity contribution in [2.75, 3.05) is 12.3 Å². The molecule has 1 atom stereocenters. The smallest absolute Gasteiger partial charge is 0.154 e. The lowest BCUT2D eigenvalue weighted by Gasteiger charge is -2.20. The lowest BCUT2D eigenvalue weighted by Crippen LogP contribution is -2.08. The van der Waals surface area contributed by atoms with Gasteiger partial charge >= 0.3 is 0 Å². The Bertz CT molecular complexity index is 145. The van der Waals surface area contributed by atoms with Crippen LogP contribution in [0.5, 0.6) is 0 Å². The van der Waals surface area contributed by atoms with Gasteiger partial charge in [0.2, 0.25) is 0 Å². The average Bonchev–Trinajstić information content (AvgIpc) is 2.09. The third-order valence-corrected chi connectivity index (χ3v) is 5.09. The summed E-state index contributed by atoms with van der Waals surface area (Å²) >= 11 is 0. The Balaban J connectivity index is 2.16. The van der Waals surface area contributed by atoms with Crippen LogP contribution in [0.3, 0.4) is 0 Å². The predicted octanol–water partition coefficient (Wildman–Crippen LogP) is 3.37. The van der Waals surface area contributed by atoms with E-state index >= 15 is 0 Å². The quantitative estimate of drug-likeness (QED) is 0.486. The highest BCUT2D eigenvalue weighted by Crippen LogP contribution is 2.43. The zero-order chi connectivity index (χ0) is 8.81. The van der Waals surface area contributed by atoms with Crippen molar-refractivity contribution in [2.24, 2.45) is 0 Å². The van der Waals surface area contributed by atoms with E-state index in [9.17, 15) is 4.79 Å². The molecule has 0 aromatic rings. The Hall–Kier alpha value is 0.100. The predicted molar refractivity (Wildman–Crippen MR) is 55.0 cm³/mol. The van der Waals surface area contributed by atoms with Gasteiger partial charge in [0.05, 0.1) is 0 Å². The molecule has 1 saturated heterocycles. The zero-order valence-electron chi connectivity index (χ0n) is 8.01. The van der Waals surface area contributed by atoms with Gasteiger partial charge < -0.3 is 0 Å². The summed E-state index contributed by atoms with van der Waals surface area (Å²) in [5.41, 5.74) is 0.604. The standard InChI is InChI=1S/C10H19OP/c1-2-3-5-8-12-9-6-4-7-10(12)11/h2-9H2,1H3. The Morgan fingerprint density at radius 3 is 2.83 bits per heavy atom. The second-order valence-corrected chi connectivity index (χ2v) is 6.02. The van der Waals surface area contributed by atoms with Crippen molar-refractivity contribution in [3.63, 3.8) is 0 Å². The van der Waals surface area contributed by atoms with Gasteiger partial charge in [-0.1, -0.05) is 19.8 Å². The lowest BCUT2D eigenvalue weighted by molar-refractivity contribution is -0.111. The van der Waals surface area contributed by atoms with E-state index in [4.69, 9.17) is 0 Å². The van der Waals surface area contributed by atoms with Gasteiger partial charge in [0, 0.05) is 6.42 Å². The van der Waals surface area contributed by atoms with E-state index in [-0.39, 0.29) is 7.92 Å². The maximum atomic E-state index is 11.4. The van der Waals surface area contributed by atoms with Crippen LogP contribution in [-0.4, -0.2) is 17.8 Å². The molecule has 0 amide bonds. The highest BCUT2D eigenvalue weighted by Gasteiger charge is 2.20. The maximum absolute atomic E-state index is 11.4. The molecule has 0 saturated carbocycles. The van der Waals surface area contributed by atoms with Crippen LogP contribution in [0.15, 0.2) is 0 Å². The van der Waals surface area contributed by atoms with Gasteiger partial charge in [-0.25, -0.2) is 0 Å². The molecule has 1 aliphatic heterocycles. The molecular weight excluding hydrogens is 167 g/mol. The van der Waals surface area contributed by atoms with Gasteiger partial charge in [-0.15, -0.1) is 0 Å². The molecule has 1 heterocycles. The Kier molecular flexibility index (Phi) is 4.83. The van der Waals surface area contributed by atoms with E-state index in [0.29, 0.717) is 5.52 Å². The van der Waals surface area contributed by atoms with Crippen LogP contribution in [0.4, 0.5) is 0 Å². The SMILES string of the molecule is CCCCCP1CCCCC1=O. The molecule has 1 aliphatic rings. The summed E-state index contributed by atoms with van der Waals surface area (Å²) in [5, 5.41) is 0. The number of carbonyl (C=O) groups is 1. The van der Waals surface area contributed by atoms with E-state index in [0.717, 1.165) is 12.8 Å². The minimum absolute atomic E-state index is 0.183. The van der Waals surface area contributed by atoms with Crippen LogP contribution in [0.1, 0.15) is 45.4 Å². The highest BCUT2D eigenvalue weighted by atomic mass is 31.1. The summed E-state index contributed by atoms with van der Waals surface area (Å²) in [4.78, 5) is 11.4. The van der Waals surface area contributed by atoms with E-state index in [1.165, 1.54) is 38.0 Å². The molecule has 0 radical (unpaired) electrons. The fourth-order valence-electron chi connectivity index (χ4n) is 1.65. The average molecular weight is 186 g/mol. The molecule has 1 fully saturated rings. The summed E-state index contributed by atoms with van der Waals surface area (Å²) in [6.45, 7) is 2.22. The second kappa shape index (κ2) is 5.70. The lowest BCUT2D eigenvalue weighted by atomic mass is 10.3. The third kappa shape index (κ3) is 3.23. The first-order valence-electron chi connectivity index (χ1n) is 5.12. The first-order valence-corrected chi connectivity index (χ1v) is 6.83. The molecule has 0 bridgehead atoms. The number of hydrogen-bond donors (Lipinski definition) is 0. The van der Waals surface area contributed by atoms with Gasteiger partial charge in [-0.05, 0) is 39.5 Å². The molecule has 2 heteroatoms. The number of unbranched alkanes of at least 4 members (excludes halogenated alkanes) is 2. The molecule has 1 rings (SSSR count). The van der Waals surface area contributed by atoms with Crippen LogP contribution in [0, 0.1) is 0 Å². The van der Waals surface area contributed by atoms with E-state index in [2.05, 4.69) is 6.92 Å². The van der Waals surface area contributed by atoms with Crippen LogP contribution in [0.25, 0.3) is 0 Å². The third-order valence-electron chi connectivity index (χ3n) is 2.45. The molecule has 70 valence electrons. The molecular formula is C10H19OP. The maximum Gasteiger partial charge on any atom is 0.154 e. The van der Waals surface area contributed by atoms with Crippen LogP contribution < -0.4 is 0 Å². The highest BCUT2D eigenvalue weighted by molar-refractivity contribution is 7.74. The molecule has 0 spiro atoms. The summed E-state index contributed by atoms with van der Waals surface area (Å²) < 4.78 is 0. The molecule has 1 unspecified atom stereocenters. The number of carbonyl (C=O) groups excluding carboxylic acids is 1. The van der Waals surface area contributed by atoms with Gasteiger partial charge in [0.15, 0.2) is 5.52 Å². The fourth-order valence-corrected chi connectivity index (χ4v) is 4.06. The van der Waals surface area contributed by atoms with Gasteiger partial charge in [0.25, 0.3) is 0 Å². The van der Waals surface area contributed by atoms with Gasteiger partial charge in [-0.3, -0.25) is 4.79 Å². The first-order chi connectivity index (χ1) is 5.84. The largest absolute Gasteiger partial charge is 0.295 e. The normalized spacial score (nSPS) is 24.4. The summed E-state index contributed by atoms with van der Waals surface area (Å²) in [6.07, 6.45) is 9.68. The van der Waals surface area contributed by atoms with E-state index in [1.807, 2.05) is 0 Å². The van der Waals surface area contributed by atoms with Crippen molar-refractivity contribution in [3.8, 4) is 0 Å². The first kappa shape index (κ1) is 10.2. The van der Waals surface area contributed by atoms with Gasteiger partial charge in [-0.2, -0.15) is 0 Å². The zero-order valence-corrected chi connectivity index (χ0v) is 8.91. The van der Waals surface area contributed by atoms with Crippen LogP contribution in [0.2, 0.25) is 0 Å². The van der Waals surface area contributed by atoms with E-state index in [1.54, 1.807) is 0 Å². The fraction of sp³-hybridized carbons (Fsp3) is 0.900. The minimum Gasteiger partial charge on any atom is -0.295 e. The summed E-state index contributed by atoms with van der Waals surface area (Å²) in [5.74, 6) is 0. The van der Waals surface area contributed by atoms with Crippen molar-refractivity contribution in [3.05, 3.63) is 0 Å². The number of rotatable bonds is 4. The summed E-state index contributed by atoms with van der Waals surface area (Å²) in [6, 6.07) is 0. The minimum atomic E-state index is -0.183. The Labute approximate surface area is 76.7 Å². The van der Waals surface area contributed by atoms with Crippen molar-refractivity contribution in [1.29, 1.82) is 0 Å². The van der Waals surface area contributed by atoms with Crippen molar-refractivity contribution < 1.29 is 4.79 Å². The van der Waals surface area contributed by atoms with Gasteiger partial charge in [0.1, 0.15) is 0 Å². The molecule has 1 nitrogen and oxygen atoms in total. The van der Waals surface area contributed by atoms with Crippen LogP contribution in [-0.2, 0) is 4.79 Å². The Morgan fingerprint density at radius 1 is 1.33 bits per heavy atom. The molecule has 0 aliphatic carbocycles. The van der Waals surface area contributed by atoms with Crippen molar-refractivity contribution in [2.45, 2.75) is 45.4 Å². The topological polar surface area (TPSA) is 17.1 Å². The molecule has 0 N–H and O–H groups in total. The van der Waals surface area contributed by atoms with Crippen LogP contribution >= 0.6 is 7.92 Å². The van der Waals surface area contributed by atoms with Crippen molar-refractivity contribution >= 4 is 13.4 Å². The van der Waals surface area contributed by atoms with Crippen molar-refractivity contribution in [1.82, 2.24) is 0 Å². The summed E-state index contributed by atoms with van der Waals surface area (Å²) in [7, 11) is -0.183. The Morgan fingerprint density at radius 2 is 2.17 bits per heavy atom. The molecule has 0 aromatic heterocycles.